The van der Waals surface area contributed by atoms with Gasteiger partial charge in [0.2, 0.25) is 0 Å². The minimum Gasteiger partial charge on any atom is -0.397 e. The number of carbonyl (C=O) groups is 1. The zero-order chi connectivity index (χ0) is 17.6. The van der Waals surface area contributed by atoms with Crippen LogP contribution in [0.1, 0.15) is 18.4 Å². The van der Waals surface area contributed by atoms with E-state index in [-0.39, 0.29) is 17.5 Å². The van der Waals surface area contributed by atoms with Crippen LogP contribution >= 0.6 is 0 Å². The Kier molecular flexibility index (Phi) is 5.66. The van der Waals surface area contributed by atoms with Gasteiger partial charge < -0.3 is 16.0 Å². The summed E-state index contributed by atoms with van der Waals surface area (Å²) in [5.41, 5.74) is 8.56. The summed E-state index contributed by atoms with van der Waals surface area (Å²) < 4.78 is 13.2. The molecule has 0 unspecified atom stereocenters. The van der Waals surface area contributed by atoms with Gasteiger partial charge in [-0.2, -0.15) is 0 Å². The molecule has 0 bridgehead atoms. The number of benzene rings is 2. The van der Waals surface area contributed by atoms with E-state index in [0.717, 1.165) is 37.2 Å². The molecule has 0 amide bonds. The van der Waals surface area contributed by atoms with Crippen molar-refractivity contribution in [3.8, 4) is 0 Å². The number of hydrogen-bond acceptors (Lipinski definition) is 4. The first-order valence-corrected chi connectivity index (χ1v) is 8.71. The summed E-state index contributed by atoms with van der Waals surface area (Å²) in [5, 5.41) is 3.29. The quantitative estimate of drug-likeness (QED) is 0.793. The van der Waals surface area contributed by atoms with Gasteiger partial charge in [-0.15, -0.1) is 0 Å². The van der Waals surface area contributed by atoms with Crippen molar-refractivity contribution in [2.24, 2.45) is 5.92 Å². The fraction of sp³-hybridized carbons (Fsp3) is 0.350. The Balaban J connectivity index is 1.79. The van der Waals surface area contributed by atoms with Crippen LogP contribution in [0.4, 0.5) is 15.8 Å². The molecule has 1 heterocycles. The van der Waals surface area contributed by atoms with Gasteiger partial charge in [-0.05, 0) is 55.8 Å². The molecule has 3 rings (SSSR count). The first-order valence-electron chi connectivity index (χ1n) is 8.71. The highest BCUT2D eigenvalue weighted by molar-refractivity contribution is 5.87. The second-order valence-electron chi connectivity index (χ2n) is 6.53. The Labute approximate surface area is 147 Å². The lowest BCUT2D eigenvalue weighted by molar-refractivity contribution is -0.122. The Bertz CT molecular complexity index is 711. The topological polar surface area (TPSA) is 58.4 Å². The number of rotatable bonds is 6. The van der Waals surface area contributed by atoms with Crippen LogP contribution in [-0.4, -0.2) is 25.4 Å². The molecule has 0 radical (unpaired) electrons. The number of ketones is 1. The van der Waals surface area contributed by atoms with E-state index in [9.17, 15) is 9.18 Å². The number of carbonyl (C=O) groups excluding carboxylic acids is 1. The number of piperidine rings is 1. The highest BCUT2D eigenvalue weighted by Crippen LogP contribution is 2.25. The van der Waals surface area contributed by atoms with Crippen LogP contribution in [0.3, 0.4) is 0 Å². The van der Waals surface area contributed by atoms with E-state index >= 15 is 0 Å². The Morgan fingerprint density at radius 1 is 1.12 bits per heavy atom. The minimum atomic E-state index is -0.264. The molecule has 2 aromatic carbocycles. The molecule has 0 atom stereocenters. The van der Waals surface area contributed by atoms with E-state index in [1.165, 1.54) is 12.1 Å². The van der Waals surface area contributed by atoms with Crippen molar-refractivity contribution in [1.82, 2.24) is 5.32 Å². The van der Waals surface area contributed by atoms with Gasteiger partial charge in [-0.1, -0.05) is 24.3 Å². The molecule has 0 aliphatic carbocycles. The summed E-state index contributed by atoms with van der Waals surface area (Å²) in [4.78, 5) is 14.8. The maximum Gasteiger partial charge on any atom is 0.155 e. The lowest BCUT2D eigenvalue weighted by atomic mass is 9.93. The first kappa shape index (κ1) is 17.4. The molecule has 3 N–H and O–H groups in total. The smallest absolute Gasteiger partial charge is 0.155 e. The largest absolute Gasteiger partial charge is 0.397 e. The highest BCUT2D eigenvalue weighted by atomic mass is 19.1. The lowest BCUT2D eigenvalue weighted by Crippen LogP contribution is -2.38. The second kappa shape index (κ2) is 8.12. The number of nitrogens with one attached hydrogen (secondary N) is 1. The van der Waals surface area contributed by atoms with Crippen molar-refractivity contribution in [1.29, 1.82) is 0 Å². The Hall–Kier alpha value is -2.40. The van der Waals surface area contributed by atoms with Gasteiger partial charge in [-0.3, -0.25) is 4.79 Å². The fourth-order valence-corrected chi connectivity index (χ4v) is 3.27. The normalized spacial score (nSPS) is 15.1. The summed E-state index contributed by atoms with van der Waals surface area (Å²) in [6.45, 7) is 2.62. The summed E-state index contributed by atoms with van der Waals surface area (Å²) in [7, 11) is 0. The molecule has 1 aliphatic rings. The van der Waals surface area contributed by atoms with E-state index in [2.05, 4.69) is 5.32 Å². The lowest BCUT2D eigenvalue weighted by Gasteiger charge is -2.29. The summed E-state index contributed by atoms with van der Waals surface area (Å²) in [5.74, 6) is 0.0778. The number of hydrogen-bond donors (Lipinski definition) is 2. The van der Waals surface area contributed by atoms with Crippen LogP contribution in [0, 0.1) is 11.7 Å². The SMILES string of the molecule is Nc1ccccc1N(CC(=O)C1CCNCC1)Cc1ccc(F)cc1. The first-order chi connectivity index (χ1) is 12.1. The van der Waals surface area contributed by atoms with Crippen LogP contribution in [-0.2, 0) is 11.3 Å². The molecule has 5 heteroatoms. The summed E-state index contributed by atoms with van der Waals surface area (Å²) in [6.07, 6.45) is 1.76. The molecule has 25 heavy (non-hydrogen) atoms. The number of nitrogens with zero attached hydrogens (tertiary/aromatic N) is 1. The van der Waals surface area contributed by atoms with Crippen LogP contribution in [0.2, 0.25) is 0 Å². The van der Waals surface area contributed by atoms with Gasteiger partial charge in [0.05, 0.1) is 17.9 Å². The van der Waals surface area contributed by atoms with Crippen molar-refractivity contribution in [3.63, 3.8) is 0 Å². The molecule has 1 fully saturated rings. The summed E-state index contributed by atoms with van der Waals surface area (Å²) in [6, 6.07) is 13.9. The number of nitrogen functional groups attached to an aromatic ring is 1. The van der Waals surface area contributed by atoms with Gasteiger partial charge in [0, 0.05) is 12.5 Å². The third-order valence-electron chi connectivity index (χ3n) is 4.71. The van der Waals surface area contributed by atoms with E-state index in [4.69, 9.17) is 5.73 Å². The zero-order valence-electron chi connectivity index (χ0n) is 14.2. The summed E-state index contributed by atoms with van der Waals surface area (Å²) >= 11 is 0. The maximum absolute atomic E-state index is 13.2. The average molecular weight is 341 g/mol. The van der Waals surface area contributed by atoms with Gasteiger partial charge in [-0.25, -0.2) is 4.39 Å². The molecular formula is C20H24FN3O. The van der Waals surface area contributed by atoms with Gasteiger partial charge >= 0.3 is 0 Å². The van der Waals surface area contributed by atoms with Crippen LogP contribution in [0.5, 0.6) is 0 Å². The molecule has 0 aromatic heterocycles. The van der Waals surface area contributed by atoms with Crippen LogP contribution in [0.25, 0.3) is 0 Å². The molecule has 2 aromatic rings. The van der Waals surface area contributed by atoms with E-state index in [0.29, 0.717) is 18.8 Å². The maximum atomic E-state index is 13.2. The van der Waals surface area contributed by atoms with Crippen molar-refractivity contribution in [2.45, 2.75) is 19.4 Å². The predicted molar refractivity (Wildman–Crippen MR) is 98.9 cm³/mol. The van der Waals surface area contributed by atoms with Gasteiger partial charge in [0.15, 0.2) is 5.78 Å². The average Bonchev–Trinajstić information content (AvgIpc) is 2.64. The third-order valence-corrected chi connectivity index (χ3v) is 4.71. The predicted octanol–water partition coefficient (Wildman–Crippen LogP) is 2.98. The van der Waals surface area contributed by atoms with Gasteiger partial charge in [0.25, 0.3) is 0 Å². The van der Waals surface area contributed by atoms with E-state index in [1.807, 2.05) is 29.2 Å². The van der Waals surface area contributed by atoms with Crippen molar-refractivity contribution in [3.05, 3.63) is 59.9 Å². The molecule has 0 saturated carbocycles. The number of para-hydroxylation sites is 2. The Morgan fingerprint density at radius 2 is 1.80 bits per heavy atom. The zero-order valence-corrected chi connectivity index (χ0v) is 14.2. The van der Waals surface area contributed by atoms with Crippen molar-refractivity contribution >= 4 is 17.2 Å². The van der Waals surface area contributed by atoms with Crippen LogP contribution in [0.15, 0.2) is 48.5 Å². The minimum absolute atomic E-state index is 0.0990. The molecular weight excluding hydrogens is 317 g/mol. The van der Waals surface area contributed by atoms with E-state index < -0.39 is 0 Å². The molecule has 0 spiro atoms. The van der Waals surface area contributed by atoms with Crippen molar-refractivity contribution in [2.75, 3.05) is 30.3 Å². The Morgan fingerprint density at radius 3 is 2.48 bits per heavy atom. The van der Waals surface area contributed by atoms with Crippen molar-refractivity contribution < 1.29 is 9.18 Å². The second-order valence-corrected chi connectivity index (χ2v) is 6.53. The molecule has 1 aliphatic heterocycles. The highest BCUT2D eigenvalue weighted by Gasteiger charge is 2.23. The number of nitrogens with two attached hydrogens (primary N) is 1. The number of anilines is 2. The van der Waals surface area contributed by atoms with Crippen LogP contribution < -0.4 is 16.0 Å². The standard InChI is InChI=1S/C20H24FN3O/c21-17-7-5-15(6-8-17)13-24(19-4-2-1-3-18(19)22)14-20(25)16-9-11-23-12-10-16/h1-8,16,23H,9-14,22H2. The number of Topliss-reactive ketones (excluding diaryl/α,β-unsaturated/α-hetero) is 1. The molecule has 1 saturated heterocycles. The van der Waals surface area contributed by atoms with Gasteiger partial charge in [0.1, 0.15) is 5.82 Å². The molecule has 132 valence electrons. The van der Waals surface area contributed by atoms with E-state index in [1.54, 1.807) is 12.1 Å². The fourth-order valence-electron chi connectivity index (χ4n) is 3.27. The third kappa shape index (κ3) is 4.57. The molecule has 4 nitrogen and oxygen atoms in total. The monoisotopic (exact) mass is 341 g/mol. The number of halogens is 1.